The van der Waals surface area contributed by atoms with Crippen molar-refractivity contribution in [3.8, 4) is 22.8 Å². The zero-order chi connectivity index (χ0) is 18.5. The minimum absolute atomic E-state index is 0.168. The molecule has 0 unspecified atom stereocenters. The van der Waals surface area contributed by atoms with E-state index in [4.69, 9.17) is 9.47 Å². The molecule has 0 atom stereocenters. The Hall–Kier alpha value is -2.60. The van der Waals surface area contributed by atoms with Crippen LogP contribution in [0.1, 0.15) is 12.5 Å². The number of halogens is 1. The maximum Gasteiger partial charge on any atom is 0.344 e. The van der Waals surface area contributed by atoms with Gasteiger partial charge in [0.25, 0.3) is 0 Å². The van der Waals surface area contributed by atoms with Gasteiger partial charge in [-0.05, 0) is 38.1 Å². The van der Waals surface area contributed by atoms with Crippen molar-refractivity contribution in [2.45, 2.75) is 13.8 Å². The molecule has 1 heterocycles. The van der Waals surface area contributed by atoms with Crippen molar-refractivity contribution in [3.63, 3.8) is 0 Å². The van der Waals surface area contributed by atoms with Crippen LogP contribution in [0.3, 0.4) is 0 Å². The molecule has 0 saturated heterocycles. The molecule has 0 aliphatic heterocycles. The Balaban J connectivity index is 1.96. The van der Waals surface area contributed by atoms with Crippen LogP contribution in [-0.4, -0.2) is 29.0 Å². The summed E-state index contributed by atoms with van der Waals surface area (Å²) in [5, 5.41) is 4.52. The summed E-state index contributed by atoms with van der Waals surface area (Å²) in [6, 6.07) is 17.8. The van der Waals surface area contributed by atoms with E-state index in [2.05, 4.69) is 21.0 Å². The Morgan fingerprint density at radius 3 is 2.46 bits per heavy atom. The fourth-order valence-electron chi connectivity index (χ4n) is 2.47. The lowest BCUT2D eigenvalue weighted by atomic mass is 10.1. The van der Waals surface area contributed by atoms with Crippen molar-refractivity contribution in [1.29, 1.82) is 0 Å². The second-order valence-electron chi connectivity index (χ2n) is 5.72. The number of ether oxygens (including phenoxy) is 2. The molecule has 5 nitrogen and oxygen atoms in total. The molecule has 0 amide bonds. The Morgan fingerprint density at radius 2 is 1.81 bits per heavy atom. The Labute approximate surface area is 160 Å². The van der Waals surface area contributed by atoms with E-state index in [9.17, 15) is 4.79 Å². The average molecular weight is 415 g/mol. The summed E-state index contributed by atoms with van der Waals surface area (Å²) in [6.45, 7) is 3.95. The first-order valence-corrected chi connectivity index (χ1v) is 9.07. The average Bonchev–Trinajstić information content (AvgIpc) is 3.06. The van der Waals surface area contributed by atoms with Gasteiger partial charge in [0.1, 0.15) is 0 Å². The minimum Gasteiger partial charge on any atom is -0.465 e. The predicted molar refractivity (Wildman–Crippen MR) is 104 cm³/mol. The topological polar surface area (TPSA) is 53.4 Å². The molecule has 0 N–H and O–H groups in total. The fraction of sp³-hybridized carbons (Fsp3) is 0.200. The van der Waals surface area contributed by atoms with Crippen molar-refractivity contribution in [3.05, 3.63) is 64.6 Å². The quantitative estimate of drug-likeness (QED) is 0.555. The Morgan fingerprint density at radius 1 is 1.12 bits per heavy atom. The van der Waals surface area contributed by atoms with E-state index in [1.165, 1.54) is 5.56 Å². The molecule has 134 valence electrons. The fourth-order valence-corrected chi connectivity index (χ4v) is 2.74. The van der Waals surface area contributed by atoms with Crippen LogP contribution in [0, 0.1) is 6.92 Å². The van der Waals surface area contributed by atoms with Gasteiger partial charge in [0.05, 0.1) is 18.0 Å². The van der Waals surface area contributed by atoms with E-state index < -0.39 is 5.97 Å². The zero-order valence-corrected chi connectivity index (χ0v) is 16.2. The summed E-state index contributed by atoms with van der Waals surface area (Å²) in [7, 11) is 0. The van der Waals surface area contributed by atoms with Crippen molar-refractivity contribution >= 4 is 21.9 Å². The molecule has 0 spiro atoms. The summed E-state index contributed by atoms with van der Waals surface area (Å²) < 4.78 is 13.2. The lowest BCUT2D eigenvalue weighted by Gasteiger charge is -2.08. The third kappa shape index (κ3) is 4.32. The standard InChI is InChI=1S/C20H19BrN2O3/c1-3-25-20(24)13-26-19-12-18(15-6-8-16(21)9-7-15)23(22-19)17-10-4-14(2)5-11-17/h4-12H,3,13H2,1-2H3. The van der Waals surface area contributed by atoms with Crippen LogP contribution >= 0.6 is 15.9 Å². The molecule has 26 heavy (non-hydrogen) atoms. The molecule has 0 bridgehead atoms. The lowest BCUT2D eigenvalue weighted by Crippen LogP contribution is -2.14. The van der Waals surface area contributed by atoms with Gasteiger partial charge >= 0.3 is 5.97 Å². The number of carbonyl (C=O) groups is 1. The number of rotatable bonds is 6. The van der Waals surface area contributed by atoms with Gasteiger partial charge < -0.3 is 9.47 Å². The van der Waals surface area contributed by atoms with E-state index >= 15 is 0 Å². The molecule has 0 fully saturated rings. The highest BCUT2D eigenvalue weighted by atomic mass is 79.9. The van der Waals surface area contributed by atoms with Gasteiger partial charge in [-0.25, -0.2) is 9.48 Å². The monoisotopic (exact) mass is 414 g/mol. The third-order valence-electron chi connectivity index (χ3n) is 3.75. The van der Waals surface area contributed by atoms with Gasteiger partial charge in [-0.15, -0.1) is 5.10 Å². The van der Waals surface area contributed by atoms with Crippen molar-refractivity contribution in [2.75, 3.05) is 13.2 Å². The highest BCUT2D eigenvalue weighted by Crippen LogP contribution is 2.28. The number of nitrogens with zero attached hydrogens (tertiary/aromatic N) is 2. The van der Waals surface area contributed by atoms with Crippen LogP contribution in [-0.2, 0) is 9.53 Å². The van der Waals surface area contributed by atoms with Crippen LogP contribution < -0.4 is 4.74 Å². The third-order valence-corrected chi connectivity index (χ3v) is 4.28. The van der Waals surface area contributed by atoms with E-state index in [1.807, 2.05) is 66.2 Å². The molecule has 0 aliphatic rings. The summed E-state index contributed by atoms with van der Waals surface area (Å²) in [4.78, 5) is 11.5. The van der Waals surface area contributed by atoms with Crippen LogP contribution in [0.2, 0.25) is 0 Å². The van der Waals surface area contributed by atoms with Crippen LogP contribution in [0.25, 0.3) is 16.9 Å². The minimum atomic E-state index is -0.414. The lowest BCUT2D eigenvalue weighted by molar-refractivity contribution is -0.145. The summed E-state index contributed by atoms with van der Waals surface area (Å²) in [5.74, 6) is -0.0425. The van der Waals surface area contributed by atoms with Crippen molar-refractivity contribution < 1.29 is 14.3 Å². The number of carbonyl (C=O) groups excluding carboxylic acids is 1. The molecule has 6 heteroatoms. The second kappa shape index (κ2) is 8.19. The zero-order valence-electron chi connectivity index (χ0n) is 14.6. The van der Waals surface area contributed by atoms with Crippen LogP contribution in [0.15, 0.2) is 59.1 Å². The molecular weight excluding hydrogens is 396 g/mol. The normalized spacial score (nSPS) is 10.6. The molecule has 3 aromatic rings. The molecule has 2 aromatic carbocycles. The first-order valence-electron chi connectivity index (χ1n) is 8.28. The molecule has 0 saturated carbocycles. The Bertz CT molecular complexity index is 823. The molecule has 0 radical (unpaired) electrons. The van der Waals surface area contributed by atoms with E-state index in [-0.39, 0.29) is 6.61 Å². The number of aromatic nitrogens is 2. The SMILES string of the molecule is CCOC(=O)COc1cc(-c2ccc(Br)cc2)n(-c2ccc(C)cc2)n1. The first kappa shape index (κ1) is 18.2. The largest absolute Gasteiger partial charge is 0.465 e. The number of hydrogen-bond donors (Lipinski definition) is 0. The van der Waals surface area contributed by atoms with Gasteiger partial charge in [-0.2, -0.15) is 0 Å². The van der Waals surface area contributed by atoms with Gasteiger partial charge in [-0.3, -0.25) is 0 Å². The number of hydrogen-bond acceptors (Lipinski definition) is 4. The smallest absolute Gasteiger partial charge is 0.344 e. The first-order chi connectivity index (χ1) is 12.6. The summed E-state index contributed by atoms with van der Waals surface area (Å²) in [6.07, 6.45) is 0. The number of esters is 1. The summed E-state index contributed by atoms with van der Waals surface area (Å²) in [5.41, 5.74) is 3.96. The molecule has 1 aromatic heterocycles. The maximum absolute atomic E-state index is 11.5. The van der Waals surface area contributed by atoms with E-state index in [0.717, 1.165) is 21.4 Å². The molecule has 3 rings (SSSR count). The highest BCUT2D eigenvalue weighted by molar-refractivity contribution is 9.10. The van der Waals surface area contributed by atoms with E-state index in [1.54, 1.807) is 6.92 Å². The predicted octanol–water partition coefficient (Wildman–Crippen LogP) is 4.55. The molecule has 0 aliphatic carbocycles. The highest BCUT2D eigenvalue weighted by Gasteiger charge is 2.14. The maximum atomic E-state index is 11.5. The van der Waals surface area contributed by atoms with Crippen LogP contribution in [0.4, 0.5) is 0 Å². The molecular formula is C20H19BrN2O3. The summed E-state index contributed by atoms with van der Waals surface area (Å²) >= 11 is 3.45. The van der Waals surface area contributed by atoms with Crippen molar-refractivity contribution in [1.82, 2.24) is 9.78 Å². The number of aryl methyl sites for hydroxylation is 1. The van der Waals surface area contributed by atoms with E-state index in [0.29, 0.717) is 12.5 Å². The van der Waals surface area contributed by atoms with Crippen molar-refractivity contribution in [2.24, 2.45) is 0 Å². The van der Waals surface area contributed by atoms with Gasteiger partial charge in [0.2, 0.25) is 5.88 Å². The van der Waals surface area contributed by atoms with Gasteiger partial charge in [0, 0.05) is 16.1 Å². The second-order valence-corrected chi connectivity index (χ2v) is 6.63. The van der Waals surface area contributed by atoms with Gasteiger partial charge in [0.15, 0.2) is 6.61 Å². The number of benzene rings is 2. The van der Waals surface area contributed by atoms with Gasteiger partial charge in [-0.1, -0.05) is 45.8 Å². The Kier molecular flexibility index (Phi) is 5.73. The van der Waals surface area contributed by atoms with Crippen LogP contribution in [0.5, 0.6) is 5.88 Å².